The van der Waals surface area contributed by atoms with Crippen molar-refractivity contribution in [1.82, 2.24) is 0 Å². The highest BCUT2D eigenvalue weighted by molar-refractivity contribution is 7.85. The van der Waals surface area contributed by atoms with Crippen LogP contribution in [0, 0.1) is 0 Å². The van der Waals surface area contributed by atoms with Crippen molar-refractivity contribution in [2.75, 3.05) is 47.5 Å². The Morgan fingerprint density at radius 3 is 2.00 bits per heavy atom. The van der Waals surface area contributed by atoms with Gasteiger partial charge in [-0.25, -0.2) is 0 Å². The van der Waals surface area contributed by atoms with Crippen molar-refractivity contribution in [2.45, 2.75) is 4.90 Å². The topological polar surface area (TPSA) is 83.8 Å². The van der Waals surface area contributed by atoms with Gasteiger partial charge in [0.1, 0.15) is 6.54 Å². The van der Waals surface area contributed by atoms with Crippen LogP contribution in [-0.2, 0) is 14.9 Å². The van der Waals surface area contributed by atoms with Gasteiger partial charge in [0.15, 0.2) is 0 Å². The lowest BCUT2D eigenvalue weighted by Gasteiger charge is -2.23. The number of hydrogen-bond acceptors (Lipinski definition) is 4. The standard InChI is InChI=1S/C7H18NO2.C6H6O3S/c1-8(2,3)4-6-10-7-5-9;7-10(8,9)6-4-2-1-3-5-6/h9H,4-7H2,1-3H3;1-5H,(H,7,8,9)/q+1;. The average Bonchev–Trinajstić information content (AvgIpc) is 2.34. The number of rotatable bonds is 6. The molecule has 0 spiro atoms. The van der Waals surface area contributed by atoms with Gasteiger partial charge < -0.3 is 14.3 Å². The predicted octanol–water partition coefficient (Wildman–Crippen LogP) is 0.635. The van der Waals surface area contributed by atoms with Crippen LogP contribution in [0.5, 0.6) is 0 Å². The van der Waals surface area contributed by atoms with Crippen LogP contribution in [0.1, 0.15) is 0 Å². The second-order valence-electron chi connectivity index (χ2n) is 5.14. The quantitative estimate of drug-likeness (QED) is 0.458. The number of likely N-dealkylation sites (N-methyl/N-ethyl adjacent to an activating group) is 1. The van der Waals surface area contributed by atoms with Gasteiger partial charge in [0, 0.05) is 0 Å². The molecule has 1 rings (SSSR count). The molecule has 0 radical (unpaired) electrons. The SMILES string of the molecule is C[N+](C)(C)CCOCCO.O=S(=O)(O)c1ccccc1. The highest BCUT2D eigenvalue weighted by Crippen LogP contribution is 2.05. The van der Waals surface area contributed by atoms with E-state index < -0.39 is 10.1 Å². The summed E-state index contributed by atoms with van der Waals surface area (Å²) < 4.78 is 35.2. The summed E-state index contributed by atoms with van der Waals surface area (Å²) in [5.41, 5.74) is 0. The molecule has 6 nitrogen and oxygen atoms in total. The first-order valence-corrected chi connectivity index (χ1v) is 7.62. The van der Waals surface area contributed by atoms with Crippen LogP contribution in [0.15, 0.2) is 35.2 Å². The Kier molecular flexibility index (Phi) is 8.59. The third kappa shape index (κ3) is 10.9. The number of nitrogens with zero attached hydrogens (tertiary/aromatic N) is 1. The summed E-state index contributed by atoms with van der Waals surface area (Å²) >= 11 is 0. The second-order valence-corrected chi connectivity index (χ2v) is 6.56. The lowest BCUT2D eigenvalue weighted by Crippen LogP contribution is -2.37. The fourth-order valence-corrected chi connectivity index (χ4v) is 1.60. The van der Waals surface area contributed by atoms with E-state index in [9.17, 15) is 8.42 Å². The summed E-state index contributed by atoms with van der Waals surface area (Å²) in [6, 6.07) is 7.42. The van der Waals surface area contributed by atoms with Gasteiger partial charge in [-0.05, 0) is 12.1 Å². The van der Waals surface area contributed by atoms with Crippen LogP contribution in [-0.4, -0.2) is 70.1 Å². The number of quaternary nitrogens is 1. The molecule has 20 heavy (non-hydrogen) atoms. The fourth-order valence-electron chi connectivity index (χ4n) is 1.10. The Hall–Kier alpha value is -0.990. The molecule has 0 atom stereocenters. The zero-order valence-electron chi connectivity index (χ0n) is 12.2. The van der Waals surface area contributed by atoms with Gasteiger partial charge in [0.2, 0.25) is 0 Å². The van der Waals surface area contributed by atoms with Crippen LogP contribution in [0.2, 0.25) is 0 Å². The molecule has 0 unspecified atom stereocenters. The largest absolute Gasteiger partial charge is 0.394 e. The third-order valence-electron chi connectivity index (χ3n) is 2.18. The molecule has 0 aliphatic carbocycles. The molecule has 0 heterocycles. The van der Waals surface area contributed by atoms with Crippen molar-refractivity contribution >= 4 is 10.1 Å². The van der Waals surface area contributed by atoms with E-state index in [4.69, 9.17) is 14.4 Å². The zero-order valence-corrected chi connectivity index (χ0v) is 13.0. The van der Waals surface area contributed by atoms with E-state index >= 15 is 0 Å². The number of benzene rings is 1. The van der Waals surface area contributed by atoms with E-state index in [0.29, 0.717) is 6.61 Å². The number of aliphatic hydroxyl groups excluding tert-OH is 1. The molecule has 0 amide bonds. The smallest absolute Gasteiger partial charge is 0.294 e. The summed E-state index contributed by atoms with van der Waals surface area (Å²) in [6.07, 6.45) is 0. The van der Waals surface area contributed by atoms with E-state index in [0.717, 1.165) is 17.6 Å². The van der Waals surface area contributed by atoms with E-state index in [2.05, 4.69) is 21.1 Å². The van der Waals surface area contributed by atoms with E-state index in [1.165, 1.54) is 12.1 Å². The molecule has 1 aromatic rings. The highest BCUT2D eigenvalue weighted by atomic mass is 32.2. The lowest BCUT2D eigenvalue weighted by molar-refractivity contribution is -0.870. The normalized spacial score (nSPS) is 11.7. The van der Waals surface area contributed by atoms with Crippen molar-refractivity contribution in [3.63, 3.8) is 0 Å². The zero-order chi connectivity index (χ0) is 15.6. The number of ether oxygens (including phenoxy) is 1. The molecule has 0 aliphatic heterocycles. The van der Waals surface area contributed by atoms with E-state index in [1.807, 2.05) is 0 Å². The summed E-state index contributed by atoms with van der Waals surface area (Å²) in [5.74, 6) is 0. The Balaban J connectivity index is 0.000000361. The van der Waals surface area contributed by atoms with Crippen LogP contribution in [0.4, 0.5) is 0 Å². The van der Waals surface area contributed by atoms with Gasteiger partial charge in [0.25, 0.3) is 10.1 Å². The molecule has 2 N–H and O–H groups in total. The fraction of sp³-hybridized carbons (Fsp3) is 0.538. The van der Waals surface area contributed by atoms with Gasteiger partial charge >= 0.3 is 0 Å². The Morgan fingerprint density at radius 1 is 1.10 bits per heavy atom. The summed E-state index contributed by atoms with van der Waals surface area (Å²) in [7, 11) is 2.34. The third-order valence-corrected chi connectivity index (χ3v) is 3.05. The van der Waals surface area contributed by atoms with Gasteiger partial charge in [-0.1, -0.05) is 18.2 Å². The Bertz CT molecular complexity index is 453. The minimum atomic E-state index is -4.00. The van der Waals surface area contributed by atoms with Gasteiger partial charge in [-0.2, -0.15) is 8.42 Å². The highest BCUT2D eigenvalue weighted by Gasteiger charge is 2.06. The average molecular weight is 306 g/mol. The first-order valence-electron chi connectivity index (χ1n) is 6.18. The molecular formula is C13H24NO5S+. The molecule has 1 aromatic carbocycles. The molecule has 0 saturated heterocycles. The van der Waals surface area contributed by atoms with Gasteiger partial charge in [-0.15, -0.1) is 0 Å². The van der Waals surface area contributed by atoms with Crippen molar-refractivity contribution in [3.8, 4) is 0 Å². The van der Waals surface area contributed by atoms with Crippen molar-refractivity contribution in [3.05, 3.63) is 30.3 Å². The van der Waals surface area contributed by atoms with Crippen LogP contribution >= 0.6 is 0 Å². The molecule has 0 fully saturated rings. The Morgan fingerprint density at radius 2 is 1.65 bits per heavy atom. The minimum absolute atomic E-state index is 0.0741. The molecular weight excluding hydrogens is 282 g/mol. The summed E-state index contributed by atoms with van der Waals surface area (Å²) in [6.45, 7) is 2.29. The van der Waals surface area contributed by atoms with E-state index in [1.54, 1.807) is 18.2 Å². The van der Waals surface area contributed by atoms with Gasteiger partial charge in [-0.3, -0.25) is 4.55 Å². The molecule has 0 saturated carbocycles. The maximum absolute atomic E-state index is 10.4. The minimum Gasteiger partial charge on any atom is -0.394 e. The summed E-state index contributed by atoms with van der Waals surface area (Å²) in [4.78, 5) is -0.0741. The van der Waals surface area contributed by atoms with Crippen LogP contribution in [0.3, 0.4) is 0 Å². The Labute approximate surface area is 120 Å². The number of aliphatic hydroxyl groups is 1. The first kappa shape index (κ1) is 19.0. The van der Waals surface area contributed by atoms with Crippen molar-refractivity contribution in [1.29, 1.82) is 0 Å². The predicted molar refractivity (Wildman–Crippen MR) is 77.1 cm³/mol. The molecule has 7 heteroatoms. The maximum Gasteiger partial charge on any atom is 0.294 e. The first-order chi connectivity index (χ1) is 9.17. The maximum atomic E-state index is 10.4. The van der Waals surface area contributed by atoms with Crippen molar-refractivity contribution in [2.24, 2.45) is 0 Å². The van der Waals surface area contributed by atoms with Gasteiger partial charge in [0.05, 0.1) is 45.9 Å². The van der Waals surface area contributed by atoms with Crippen LogP contribution in [0.25, 0.3) is 0 Å². The second kappa shape index (κ2) is 9.04. The monoisotopic (exact) mass is 306 g/mol. The van der Waals surface area contributed by atoms with Crippen LogP contribution < -0.4 is 0 Å². The molecule has 0 aliphatic rings. The van der Waals surface area contributed by atoms with E-state index in [-0.39, 0.29) is 11.5 Å². The molecule has 0 aromatic heterocycles. The summed E-state index contributed by atoms with van der Waals surface area (Å²) in [5, 5.41) is 8.37. The molecule has 0 bridgehead atoms. The molecule has 116 valence electrons. The number of hydrogen-bond donors (Lipinski definition) is 2. The lowest BCUT2D eigenvalue weighted by atomic mass is 10.4. The van der Waals surface area contributed by atoms with Crippen molar-refractivity contribution < 1.29 is 27.3 Å².